The van der Waals surface area contributed by atoms with Crippen molar-refractivity contribution in [3.63, 3.8) is 0 Å². The van der Waals surface area contributed by atoms with E-state index in [1.165, 1.54) is 16.4 Å². The van der Waals surface area contributed by atoms with Crippen LogP contribution in [0.1, 0.15) is 30.2 Å². The molecule has 3 aromatic rings. The highest BCUT2D eigenvalue weighted by Gasteiger charge is 2.33. The van der Waals surface area contributed by atoms with Crippen LogP contribution in [0.15, 0.2) is 57.9 Å². The Morgan fingerprint density at radius 3 is 2.64 bits per heavy atom. The molecule has 0 bridgehead atoms. The number of halogens is 1. The largest absolute Gasteiger partial charge is 0.339 e. The average Bonchev–Trinajstić information content (AvgIpc) is 3.19. The first-order valence-corrected chi connectivity index (χ1v) is 10.9. The highest BCUT2D eigenvalue weighted by atomic mass is 35.5. The molecule has 2 aromatic carbocycles. The molecule has 0 radical (unpaired) electrons. The van der Waals surface area contributed by atoms with Crippen LogP contribution in [0.25, 0.3) is 11.4 Å². The van der Waals surface area contributed by atoms with Gasteiger partial charge in [-0.2, -0.15) is 9.29 Å². The zero-order valence-corrected chi connectivity index (χ0v) is 16.9. The number of benzene rings is 2. The number of sulfonamides is 1. The van der Waals surface area contributed by atoms with Crippen LogP contribution in [0.3, 0.4) is 0 Å². The first kappa shape index (κ1) is 19.1. The maximum absolute atomic E-state index is 13.0. The van der Waals surface area contributed by atoms with Crippen molar-refractivity contribution in [2.24, 2.45) is 0 Å². The van der Waals surface area contributed by atoms with Gasteiger partial charge in [-0.15, -0.1) is 0 Å². The summed E-state index contributed by atoms with van der Waals surface area (Å²) in [5.74, 6) is 0.890. The van der Waals surface area contributed by atoms with Crippen LogP contribution in [0.2, 0.25) is 5.02 Å². The van der Waals surface area contributed by atoms with Crippen molar-refractivity contribution in [2.75, 3.05) is 13.1 Å². The van der Waals surface area contributed by atoms with Crippen LogP contribution < -0.4 is 0 Å². The summed E-state index contributed by atoms with van der Waals surface area (Å²) in [5.41, 5.74) is 1.98. The minimum Gasteiger partial charge on any atom is -0.339 e. The van der Waals surface area contributed by atoms with Gasteiger partial charge in [-0.3, -0.25) is 0 Å². The van der Waals surface area contributed by atoms with Gasteiger partial charge in [0.25, 0.3) is 0 Å². The van der Waals surface area contributed by atoms with Crippen molar-refractivity contribution >= 4 is 21.6 Å². The van der Waals surface area contributed by atoms with Crippen LogP contribution >= 0.6 is 11.6 Å². The Hall–Kier alpha value is -2.22. The third-order valence-corrected chi connectivity index (χ3v) is 7.14. The SMILES string of the molecule is Cc1ccccc1-c1noc([C@@H]2CCCN(S(=O)(=O)c3ccc(Cl)cc3)C2)n1. The summed E-state index contributed by atoms with van der Waals surface area (Å²) in [5, 5.41) is 4.61. The maximum Gasteiger partial charge on any atom is 0.243 e. The molecule has 0 amide bonds. The third-order valence-electron chi connectivity index (χ3n) is 5.01. The van der Waals surface area contributed by atoms with E-state index in [1.54, 1.807) is 12.1 Å². The zero-order valence-electron chi connectivity index (χ0n) is 15.4. The highest BCUT2D eigenvalue weighted by Crippen LogP contribution is 2.31. The molecular weight excluding hydrogens is 398 g/mol. The van der Waals surface area contributed by atoms with Gasteiger partial charge >= 0.3 is 0 Å². The Bertz CT molecular complexity index is 1080. The summed E-state index contributed by atoms with van der Waals surface area (Å²) < 4.78 is 32.9. The van der Waals surface area contributed by atoms with Crippen molar-refractivity contribution in [2.45, 2.75) is 30.6 Å². The smallest absolute Gasteiger partial charge is 0.243 e. The fourth-order valence-electron chi connectivity index (χ4n) is 3.45. The molecule has 28 heavy (non-hydrogen) atoms. The van der Waals surface area contributed by atoms with E-state index in [2.05, 4.69) is 10.1 Å². The maximum atomic E-state index is 13.0. The van der Waals surface area contributed by atoms with Gasteiger partial charge in [-0.05, 0) is 49.6 Å². The summed E-state index contributed by atoms with van der Waals surface area (Å²) in [6.07, 6.45) is 1.54. The number of hydrogen-bond donors (Lipinski definition) is 0. The van der Waals surface area contributed by atoms with Crippen LogP contribution in [0.5, 0.6) is 0 Å². The molecule has 1 saturated heterocycles. The Kier molecular flexibility index (Phi) is 5.23. The number of aromatic nitrogens is 2. The molecule has 1 aliphatic heterocycles. The molecule has 1 aromatic heterocycles. The van der Waals surface area contributed by atoms with Gasteiger partial charge in [0.05, 0.1) is 10.8 Å². The second-order valence-electron chi connectivity index (χ2n) is 6.93. The minimum absolute atomic E-state index is 0.124. The summed E-state index contributed by atoms with van der Waals surface area (Å²) in [4.78, 5) is 4.79. The lowest BCUT2D eigenvalue weighted by Gasteiger charge is -2.30. The van der Waals surface area contributed by atoms with E-state index in [0.29, 0.717) is 29.8 Å². The highest BCUT2D eigenvalue weighted by molar-refractivity contribution is 7.89. The standard InChI is InChI=1S/C20H20ClN3O3S/c1-14-5-2-3-7-18(14)19-22-20(27-23-19)15-6-4-12-24(13-15)28(25,26)17-10-8-16(21)9-11-17/h2-3,5,7-11,15H,4,6,12-13H2,1H3/t15-/m1/s1. The van der Waals surface area contributed by atoms with E-state index in [1.807, 2.05) is 31.2 Å². The average molecular weight is 418 g/mol. The number of piperidine rings is 1. The molecule has 1 atom stereocenters. The summed E-state index contributed by atoms with van der Waals surface area (Å²) in [6.45, 7) is 2.78. The van der Waals surface area contributed by atoms with Gasteiger partial charge in [-0.25, -0.2) is 8.42 Å². The quantitative estimate of drug-likeness (QED) is 0.633. The number of nitrogens with zero attached hydrogens (tertiary/aromatic N) is 3. The zero-order chi connectivity index (χ0) is 19.7. The molecule has 0 saturated carbocycles. The molecule has 146 valence electrons. The van der Waals surface area contributed by atoms with E-state index in [9.17, 15) is 8.42 Å². The second kappa shape index (κ2) is 7.66. The number of hydrogen-bond acceptors (Lipinski definition) is 5. The van der Waals surface area contributed by atoms with Gasteiger partial charge in [0.1, 0.15) is 0 Å². The van der Waals surface area contributed by atoms with Gasteiger partial charge in [0.15, 0.2) is 0 Å². The van der Waals surface area contributed by atoms with Gasteiger partial charge in [0, 0.05) is 23.7 Å². The minimum atomic E-state index is -3.59. The Labute approximate surface area is 169 Å². The van der Waals surface area contributed by atoms with Crippen molar-refractivity contribution in [1.29, 1.82) is 0 Å². The predicted octanol–water partition coefficient (Wildman–Crippen LogP) is 4.27. The Morgan fingerprint density at radius 2 is 1.89 bits per heavy atom. The van der Waals surface area contributed by atoms with Gasteiger partial charge in [-0.1, -0.05) is 41.0 Å². The van der Waals surface area contributed by atoms with Crippen LogP contribution in [-0.4, -0.2) is 36.0 Å². The first-order valence-electron chi connectivity index (χ1n) is 9.10. The van der Waals surface area contributed by atoms with E-state index in [4.69, 9.17) is 16.1 Å². The normalized spacial score (nSPS) is 18.3. The van der Waals surface area contributed by atoms with Gasteiger partial charge < -0.3 is 4.52 Å². The summed E-state index contributed by atoms with van der Waals surface area (Å²) in [7, 11) is -3.59. The van der Waals surface area contributed by atoms with E-state index in [0.717, 1.165) is 24.0 Å². The van der Waals surface area contributed by atoms with Crippen LogP contribution in [0.4, 0.5) is 0 Å². The predicted molar refractivity (Wildman–Crippen MR) is 107 cm³/mol. The molecule has 1 fully saturated rings. The van der Waals surface area contributed by atoms with Crippen molar-refractivity contribution in [3.8, 4) is 11.4 Å². The fraction of sp³-hybridized carbons (Fsp3) is 0.300. The van der Waals surface area contributed by atoms with E-state index >= 15 is 0 Å². The topological polar surface area (TPSA) is 76.3 Å². The number of rotatable bonds is 4. The molecule has 2 heterocycles. The van der Waals surface area contributed by atoms with Crippen molar-refractivity contribution < 1.29 is 12.9 Å². The summed E-state index contributed by atoms with van der Waals surface area (Å²) >= 11 is 5.88. The first-order chi connectivity index (χ1) is 13.4. The fourth-order valence-corrected chi connectivity index (χ4v) is 5.10. The molecule has 8 heteroatoms. The monoisotopic (exact) mass is 417 g/mol. The van der Waals surface area contributed by atoms with Crippen LogP contribution in [-0.2, 0) is 10.0 Å². The van der Waals surface area contributed by atoms with Gasteiger partial charge in [0.2, 0.25) is 21.7 Å². The molecule has 0 N–H and O–H groups in total. The van der Waals surface area contributed by atoms with E-state index in [-0.39, 0.29) is 10.8 Å². The molecular formula is C20H20ClN3O3S. The van der Waals surface area contributed by atoms with Crippen molar-refractivity contribution in [1.82, 2.24) is 14.4 Å². The summed E-state index contributed by atoms with van der Waals surface area (Å²) in [6, 6.07) is 14.1. The molecule has 0 unspecified atom stereocenters. The molecule has 0 spiro atoms. The molecule has 6 nitrogen and oxygen atoms in total. The second-order valence-corrected chi connectivity index (χ2v) is 9.30. The number of aryl methyl sites for hydroxylation is 1. The lowest BCUT2D eigenvalue weighted by Crippen LogP contribution is -2.39. The lowest BCUT2D eigenvalue weighted by molar-refractivity contribution is 0.265. The molecule has 0 aliphatic carbocycles. The van der Waals surface area contributed by atoms with Crippen LogP contribution in [0, 0.1) is 6.92 Å². The Morgan fingerprint density at radius 1 is 1.14 bits per heavy atom. The lowest BCUT2D eigenvalue weighted by atomic mass is 10.00. The Balaban J connectivity index is 1.56. The van der Waals surface area contributed by atoms with Crippen molar-refractivity contribution in [3.05, 3.63) is 65.0 Å². The van der Waals surface area contributed by atoms with E-state index < -0.39 is 10.0 Å². The third kappa shape index (κ3) is 3.70. The molecule has 4 rings (SSSR count). The molecule has 1 aliphatic rings.